The van der Waals surface area contributed by atoms with E-state index < -0.39 is 6.10 Å². The van der Waals surface area contributed by atoms with E-state index in [0.717, 1.165) is 19.4 Å². The first-order valence-electron chi connectivity index (χ1n) is 5.01. The molecule has 1 aromatic heterocycles. The number of halogens is 1. The predicted octanol–water partition coefficient (Wildman–Crippen LogP) is 3.43. The van der Waals surface area contributed by atoms with Crippen LogP contribution in [-0.4, -0.2) is 21.1 Å². The fourth-order valence-electron chi connectivity index (χ4n) is 1.27. The van der Waals surface area contributed by atoms with Crippen molar-refractivity contribution in [3.63, 3.8) is 0 Å². The Labute approximate surface area is 116 Å². The van der Waals surface area contributed by atoms with Crippen molar-refractivity contribution in [2.45, 2.75) is 17.4 Å². The van der Waals surface area contributed by atoms with Crippen molar-refractivity contribution in [3.05, 3.63) is 39.3 Å². The molecule has 0 aliphatic heterocycles. The molecule has 90 valence electrons. The number of benzene rings is 1. The third-order valence-electron chi connectivity index (χ3n) is 2.13. The Morgan fingerprint density at radius 2 is 2.06 bits per heavy atom. The molecule has 0 saturated carbocycles. The Kier molecular flexibility index (Phi) is 4.55. The van der Waals surface area contributed by atoms with E-state index in [2.05, 4.69) is 26.1 Å². The maximum atomic E-state index is 10.00. The fraction of sp³-hybridized carbons (Fsp3) is 0.273. The molecule has 2 aromatic rings. The number of nitrogens with zero attached hydrogens (tertiary/aromatic N) is 2. The number of aliphatic hydroxyl groups excluding tert-OH is 1. The van der Waals surface area contributed by atoms with Crippen molar-refractivity contribution in [2.24, 2.45) is 0 Å². The highest BCUT2D eigenvalue weighted by Gasteiger charge is 2.10. The van der Waals surface area contributed by atoms with Gasteiger partial charge in [-0.2, -0.15) is 0 Å². The summed E-state index contributed by atoms with van der Waals surface area (Å²) in [7, 11) is 0. The van der Waals surface area contributed by atoms with E-state index >= 15 is 0 Å². The topological polar surface area (TPSA) is 46.0 Å². The monoisotopic (exact) mass is 330 g/mol. The van der Waals surface area contributed by atoms with Gasteiger partial charge in [-0.15, -0.1) is 10.2 Å². The summed E-state index contributed by atoms with van der Waals surface area (Å²) >= 11 is 6.45. The summed E-state index contributed by atoms with van der Waals surface area (Å²) in [6, 6.07) is 7.69. The number of rotatable bonds is 4. The second-order valence-electron chi connectivity index (χ2n) is 3.47. The lowest BCUT2D eigenvalue weighted by atomic mass is 10.1. The van der Waals surface area contributed by atoms with Crippen molar-refractivity contribution in [3.8, 4) is 0 Å². The Balaban J connectivity index is 1.93. The minimum Gasteiger partial charge on any atom is -0.388 e. The molecule has 0 saturated heterocycles. The van der Waals surface area contributed by atoms with Gasteiger partial charge in [0, 0.05) is 10.2 Å². The fourth-order valence-corrected chi connectivity index (χ4v) is 3.34. The first-order valence-corrected chi connectivity index (χ1v) is 7.61. The molecule has 0 unspecified atom stereocenters. The van der Waals surface area contributed by atoms with Gasteiger partial charge in [-0.25, -0.2) is 0 Å². The molecule has 3 nitrogen and oxygen atoms in total. The SMILES string of the molecule is Cc1nnc(SC[C@H](O)c2ccc(Br)cc2)s1. The maximum absolute atomic E-state index is 10.00. The third-order valence-corrected chi connectivity index (χ3v) is 4.70. The zero-order chi connectivity index (χ0) is 12.3. The molecule has 1 atom stereocenters. The molecule has 0 aliphatic rings. The summed E-state index contributed by atoms with van der Waals surface area (Å²) in [6.07, 6.45) is -0.475. The molecule has 6 heteroatoms. The predicted molar refractivity (Wildman–Crippen MR) is 74.5 cm³/mol. The van der Waals surface area contributed by atoms with Crippen molar-refractivity contribution in [1.82, 2.24) is 10.2 Å². The number of thioether (sulfide) groups is 1. The molecule has 17 heavy (non-hydrogen) atoms. The van der Waals surface area contributed by atoms with Gasteiger partial charge in [-0.05, 0) is 24.6 Å². The largest absolute Gasteiger partial charge is 0.388 e. The van der Waals surface area contributed by atoms with Crippen LogP contribution in [0.3, 0.4) is 0 Å². The number of aliphatic hydroxyl groups is 1. The average Bonchev–Trinajstić information content (AvgIpc) is 2.73. The van der Waals surface area contributed by atoms with Crippen LogP contribution in [0.2, 0.25) is 0 Å². The van der Waals surface area contributed by atoms with E-state index in [1.165, 1.54) is 11.8 Å². The van der Waals surface area contributed by atoms with E-state index in [4.69, 9.17) is 0 Å². The van der Waals surface area contributed by atoms with E-state index in [9.17, 15) is 5.11 Å². The molecule has 1 aromatic carbocycles. The summed E-state index contributed by atoms with van der Waals surface area (Å²) in [6.45, 7) is 1.92. The lowest BCUT2D eigenvalue weighted by Gasteiger charge is -2.09. The summed E-state index contributed by atoms with van der Waals surface area (Å²) in [5.41, 5.74) is 0.918. The van der Waals surface area contributed by atoms with Crippen LogP contribution in [0.15, 0.2) is 33.1 Å². The molecule has 1 N–H and O–H groups in total. The number of hydrogen-bond acceptors (Lipinski definition) is 5. The molecule has 0 fully saturated rings. The van der Waals surface area contributed by atoms with Gasteiger partial charge in [0.2, 0.25) is 0 Å². The summed E-state index contributed by atoms with van der Waals surface area (Å²) in [4.78, 5) is 0. The maximum Gasteiger partial charge on any atom is 0.174 e. The highest BCUT2D eigenvalue weighted by atomic mass is 79.9. The normalized spacial score (nSPS) is 12.6. The highest BCUT2D eigenvalue weighted by molar-refractivity contribution is 9.10. The van der Waals surface area contributed by atoms with Crippen LogP contribution in [0.1, 0.15) is 16.7 Å². The minimum atomic E-state index is -0.475. The van der Waals surface area contributed by atoms with Gasteiger partial charge >= 0.3 is 0 Å². The van der Waals surface area contributed by atoms with Crippen LogP contribution < -0.4 is 0 Å². The first-order chi connectivity index (χ1) is 8.15. The van der Waals surface area contributed by atoms with E-state index in [1.54, 1.807) is 11.3 Å². The average molecular weight is 331 g/mol. The van der Waals surface area contributed by atoms with E-state index in [-0.39, 0.29) is 0 Å². The van der Waals surface area contributed by atoms with Crippen LogP contribution >= 0.6 is 39.0 Å². The minimum absolute atomic E-state index is 0.475. The van der Waals surface area contributed by atoms with Crippen molar-refractivity contribution < 1.29 is 5.11 Å². The van der Waals surface area contributed by atoms with Gasteiger partial charge in [0.15, 0.2) is 4.34 Å². The van der Waals surface area contributed by atoms with Gasteiger partial charge in [0.1, 0.15) is 5.01 Å². The molecule has 0 amide bonds. The standard InChI is InChI=1S/C11H11BrN2OS2/c1-7-13-14-11(17-7)16-6-10(15)8-2-4-9(12)5-3-8/h2-5,10,15H,6H2,1H3/t10-/m0/s1. The van der Waals surface area contributed by atoms with E-state index in [1.807, 2.05) is 31.2 Å². The van der Waals surface area contributed by atoms with Gasteiger partial charge < -0.3 is 5.11 Å². The highest BCUT2D eigenvalue weighted by Crippen LogP contribution is 2.27. The third kappa shape index (κ3) is 3.77. The molecular formula is C11H11BrN2OS2. The number of aromatic nitrogens is 2. The van der Waals surface area contributed by atoms with Gasteiger partial charge in [-0.1, -0.05) is 51.2 Å². The van der Waals surface area contributed by atoms with Crippen molar-refractivity contribution in [2.75, 3.05) is 5.75 Å². The molecule has 1 heterocycles. The first kappa shape index (κ1) is 13.0. The van der Waals surface area contributed by atoms with Crippen molar-refractivity contribution >= 4 is 39.0 Å². The number of aryl methyl sites for hydroxylation is 1. The zero-order valence-corrected chi connectivity index (χ0v) is 12.3. The Bertz CT molecular complexity index is 486. The van der Waals surface area contributed by atoms with Crippen LogP contribution in [0, 0.1) is 6.92 Å². The van der Waals surface area contributed by atoms with Gasteiger partial charge in [0.25, 0.3) is 0 Å². The van der Waals surface area contributed by atoms with Gasteiger partial charge in [-0.3, -0.25) is 0 Å². The molecular weight excluding hydrogens is 320 g/mol. The molecule has 0 spiro atoms. The second-order valence-corrected chi connectivity index (χ2v) is 6.83. The van der Waals surface area contributed by atoms with Crippen LogP contribution in [0.5, 0.6) is 0 Å². The Hall–Kier alpha value is -0.430. The smallest absolute Gasteiger partial charge is 0.174 e. The molecule has 0 radical (unpaired) electrons. The summed E-state index contributed by atoms with van der Waals surface area (Å²) in [5.74, 6) is 0.594. The molecule has 0 bridgehead atoms. The van der Waals surface area contributed by atoms with Crippen LogP contribution in [0.25, 0.3) is 0 Å². The Morgan fingerprint density at radius 3 is 2.65 bits per heavy atom. The number of hydrogen-bond donors (Lipinski definition) is 1. The molecule has 2 rings (SSSR count). The van der Waals surface area contributed by atoms with E-state index in [0.29, 0.717) is 5.75 Å². The Morgan fingerprint density at radius 1 is 1.35 bits per heavy atom. The van der Waals surface area contributed by atoms with Gasteiger partial charge in [0.05, 0.1) is 6.10 Å². The molecule has 0 aliphatic carbocycles. The van der Waals surface area contributed by atoms with Crippen molar-refractivity contribution in [1.29, 1.82) is 0 Å². The lowest BCUT2D eigenvalue weighted by Crippen LogP contribution is -1.99. The van der Waals surface area contributed by atoms with Crippen LogP contribution in [0.4, 0.5) is 0 Å². The summed E-state index contributed by atoms with van der Waals surface area (Å²) < 4.78 is 1.92. The summed E-state index contributed by atoms with van der Waals surface area (Å²) in [5, 5.41) is 18.9. The quantitative estimate of drug-likeness (QED) is 0.872. The van der Waals surface area contributed by atoms with Crippen LogP contribution in [-0.2, 0) is 0 Å². The lowest BCUT2D eigenvalue weighted by molar-refractivity contribution is 0.204. The second kappa shape index (κ2) is 5.95. The zero-order valence-electron chi connectivity index (χ0n) is 9.13.